The zero-order chi connectivity index (χ0) is 56.3. The van der Waals surface area contributed by atoms with Crippen LogP contribution < -0.4 is 33.2 Å². The molecule has 0 radical (unpaired) electrons. The molecule has 0 amide bonds. The van der Waals surface area contributed by atoms with E-state index in [0.29, 0.717) is 0 Å². The maximum atomic E-state index is 13.3. The number of phenols is 3. The molecule has 3 fully saturated rings. The lowest BCUT2D eigenvalue weighted by Crippen LogP contribution is -2.95. The van der Waals surface area contributed by atoms with Gasteiger partial charge in [-0.1, -0.05) is 41.5 Å². The van der Waals surface area contributed by atoms with E-state index < -0.39 is 147 Å². The Morgan fingerprint density at radius 2 is 0.773 bits per heavy atom. The number of aliphatic hydroxyl groups is 5. The molecule has 25 nitrogen and oxygen atoms in total. The number of aromatic hydroxyl groups is 3. The summed E-state index contributed by atoms with van der Waals surface area (Å²) in [5.74, 6) is -4.18. The summed E-state index contributed by atoms with van der Waals surface area (Å²) in [5.41, 5.74) is 17.2. The van der Waals surface area contributed by atoms with Gasteiger partial charge in [0.25, 0.3) is 0 Å². The van der Waals surface area contributed by atoms with Gasteiger partial charge in [-0.15, -0.1) is 0 Å². The van der Waals surface area contributed by atoms with E-state index in [1.54, 1.807) is 31.8 Å². The van der Waals surface area contributed by atoms with Crippen LogP contribution in [-0.4, -0.2) is 204 Å². The van der Waals surface area contributed by atoms with Crippen molar-refractivity contribution in [1.29, 1.82) is 0 Å². The summed E-state index contributed by atoms with van der Waals surface area (Å²) >= 11 is 0. The van der Waals surface area contributed by atoms with E-state index in [1.807, 2.05) is 41.5 Å². The minimum atomic E-state index is -1.55. The number of benzene rings is 3. The normalized spacial score (nSPS) is 29.1. The standard InChI is InChI=1S/C44H60N6O19.3C2H6/c1-48-32-27(67-29(35(54)36(32)55)15-64-41(58)21-10-18(45)4-7-24(21)51)13-62-39-30(16-65-42(59)22-11-19(46)5-8-25(22)52)68-28(33(49-2)37(39)56)14-63-40-31(69-44(61)34(50-3)38(40)57)17-66-43(60)23-12-20(47)6-9-26(23)53;3*1-2/h4-12,27-40,44,48-57,61H,13-17,45-47H2,1-3H3;3*1-2H3/p+3/t27-,28-,29?,30?,31?,32?,33?,34?,35+,36-,37-,38-,39+,40+,44+;;;/m0.../s1. The number of phenolic OH excluding ortho intramolecular Hbond substituents is 3. The van der Waals surface area contributed by atoms with Gasteiger partial charge in [-0.3, -0.25) is 0 Å². The second kappa shape index (κ2) is 30.8. The van der Waals surface area contributed by atoms with Crippen LogP contribution >= 0.6 is 0 Å². The van der Waals surface area contributed by atoms with Crippen LogP contribution in [0.5, 0.6) is 17.2 Å². The second-order valence-corrected chi connectivity index (χ2v) is 16.9. The fourth-order valence-corrected chi connectivity index (χ4v) is 8.64. The van der Waals surface area contributed by atoms with Crippen molar-refractivity contribution >= 4 is 35.0 Å². The number of quaternary nitrogens is 3. The van der Waals surface area contributed by atoms with Crippen molar-refractivity contribution < 1.29 is 109 Å². The van der Waals surface area contributed by atoms with Gasteiger partial charge >= 0.3 is 17.9 Å². The number of nitrogen functional groups attached to an aromatic ring is 3. The SMILES string of the molecule is CC.CC.CC.C[NH2+]C1[C@H](CO[C@@H]2C(COC(=O)c3cc(N)ccc3O)O[C@@H](CO[C@@H]3C(COC(=O)c4cc(N)ccc4O)O[C@@H](O)C([NH2+]C)[C@@H]3O)C([NH2+]C)[C@@H]2O)OC(COC(=O)c2cc(N)ccc2O)[C@@H](O)[C@H]1O. The predicted molar refractivity (Wildman–Crippen MR) is 269 cm³/mol. The fraction of sp³-hybridized carbons (Fsp3) is 0.580. The van der Waals surface area contributed by atoms with E-state index >= 15 is 0 Å². The number of esters is 3. The third-order valence-electron chi connectivity index (χ3n) is 12.4. The molecule has 6 unspecified atom stereocenters. The highest BCUT2D eigenvalue weighted by atomic mass is 16.7. The summed E-state index contributed by atoms with van der Waals surface area (Å²) in [7, 11) is 4.84. The van der Waals surface area contributed by atoms with Crippen molar-refractivity contribution in [2.45, 2.75) is 133 Å². The number of rotatable bonds is 18. The first kappa shape index (κ1) is 63.6. The Balaban J connectivity index is 0.00000238. The van der Waals surface area contributed by atoms with Crippen molar-refractivity contribution in [1.82, 2.24) is 0 Å². The molecule has 0 aromatic heterocycles. The van der Waals surface area contributed by atoms with Gasteiger partial charge in [0, 0.05) is 17.1 Å². The largest absolute Gasteiger partial charge is 0.507 e. The van der Waals surface area contributed by atoms with Crippen molar-refractivity contribution in [3.05, 3.63) is 71.3 Å². The van der Waals surface area contributed by atoms with Crippen molar-refractivity contribution in [3.63, 3.8) is 0 Å². The van der Waals surface area contributed by atoms with Crippen molar-refractivity contribution in [2.24, 2.45) is 0 Å². The number of ether oxygens (including phenoxy) is 8. The smallest absolute Gasteiger partial charge is 0.342 e. The van der Waals surface area contributed by atoms with Gasteiger partial charge in [0.15, 0.2) is 6.04 Å². The van der Waals surface area contributed by atoms with Gasteiger partial charge < -0.3 is 112 Å². The van der Waals surface area contributed by atoms with Crippen LogP contribution in [0, 0.1) is 0 Å². The number of aliphatic hydroxyl groups excluding tert-OH is 5. The molecule has 20 N–H and O–H groups in total. The Labute approximate surface area is 436 Å². The van der Waals surface area contributed by atoms with Gasteiger partial charge in [0.05, 0.1) is 34.4 Å². The van der Waals surface area contributed by atoms with Crippen LogP contribution in [0.25, 0.3) is 0 Å². The van der Waals surface area contributed by atoms with Crippen LogP contribution in [-0.2, 0) is 37.9 Å². The van der Waals surface area contributed by atoms with Gasteiger partial charge in [0.2, 0.25) is 6.29 Å². The van der Waals surface area contributed by atoms with E-state index in [2.05, 4.69) is 0 Å². The molecule has 0 bridgehead atoms. The summed E-state index contributed by atoms with van der Waals surface area (Å²) in [5, 5.41) is 92.0. The average molecular weight is 1070 g/mol. The molecule has 25 heteroatoms. The molecule has 3 aliphatic rings. The first-order chi connectivity index (χ1) is 35.9. The Kier molecular flexibility index (Phi) is 26.1. The summed E-state index contributed by atoms with van der Waals surface area (Å²) in [6.45, 7) is 9.53. The lowest BCUT2D eigenvalue weighted by molar-refractivity contribution is -0.695. The third kappa shape index (κ3) is 16.2. The summed E-state index contributed by atoms with van der Waals surface area (Å²) in [6.07, 6.45) is -16.0. The van der Waals surface area contributed by atoms with E-state index in [-0.39, 0.29) is 47.0 Å². The van der Waals surface area contributed by atoms with E-state index in [4.69, 9.17) is 55.1 Å². The number of carbonyl (C=O) groups is 3. The van der Waals surface area contributed by atoms with E-state index in [1.165, 1.54) is 59.9 Å². The minimum absolute atomic E-state index is 0.155. The molecule has 3 saturated heterocycles. The lowest BCUT2D eigenvalue weighted by Gasteiger charge is -2.45. The third-order valence-corrected chi connectivity index (χ3v) is 12.4. The maximum absolute atomic E-state index is 13.3. The van der Waals surface area contributed by atoms with Crippen LogP contribution in [0.2, 0.25) is 0 Å². The molecule has 3 aromatic carbocycles. The van der Waals surface area contributed by atoms with Gasteiger partial charge in [0.1, 0.15) is 133 Å². The van der Waals surface area contributed by atoms with Crippen molar-refractivity contribution in [3.8, 4) is 17.2 Å². The zero-order valence-electron chi connectivity index (χ0n) is 43.9. The molecule has 6 rings (SSSR count). The molecule has 3 aliphatic heterocycles. The van der Waals surface area contributed by atoms with Crippen LogP contribution in [0.15, 0.2) is 54.6 Å². The number of anilines is 3. The van der Waals surface area contributed by atoms with E-state index in [0.717, 1.165) is 0 Å². The summed E-state index contributed by atoms with van der Waals surface area (Å²) < 4.78 is 47.3. The number of carbonyl (C=O) groups excluding carboxylic acids is 3. The highest BCUT2D eigenvalue weighted by molar-refractivity contribution is 5.94. The second-order valence-electron chi connectivity index (χ2n) is 16.9. The highest BCUT2D eigenvalue weighted by Crippen LogP contribution is 2.30. The van der Waals surface area contributed by atoms with Crippen LogP contribution in [0.4, 0.5) is 17.1 Å². The van der Waals surface area contributed by atoms with Gasteiger partial charge in [-0.05, 0) is 54.6 Å². The molecule has 0 aliphatic carbocycles. The topological polar surface area (TPSA) is 415 Å². The maximum Gasteiger partial charge on any atom is 0.342 e. The van der Waals surface area contributed by atoms with E-state index in [9.17, 15) is 55.2 Å². The Hall–Kier alpha value is -5.65. The number of likely N-dealkylation sites (N-methyl/N-ethyl adjacent to an activating group) is 3. The lowest BCUT2D eigenvalue weighted by atomic mass is 9.91. The molecule has 422 valence electrons. The molecule has 0 saturated carbocycles. The monoisotopic (exact) mass is 1070 g/mol. The Morgan fingerprint density at radius 3 is 1.15 bits per heavy atom. The predicted octanol–water partition coefficient (Wildman–Crippen LogP) is -3.35. The number of hydrogen-bond donors (Lipinski definition) is 14. The highest BCUT2D eigenvalue weighted by Gasteiger charge is 2.53. The minimum Gasteiger partial charge on any atom is -0.507 e. The molecule has 0 spiro atoms. The molecule has 3 heterocycles. The van der Waals surface area contributed by atoms with Gasteiger partial charge in [-0.25, -0.2) is 14.4 Å². The van der Waals surface area contributed by atoms with Crippen LogP contribution in [0.1, 0.15) is 72.6 Å². The first-order valence-corrected chi connectivity index (χ1v) is 25.1. The van der Waals surface area contributed by atoms with Crippen LogP contribution in [0.3, 0.4) is 0 Å². The summed E-state index contributed by atoms with van der Waals surface area (Å²) in [6, 6.07) is 8.67. The number of hydrogen-bond acceptors (Lipinski definition) is 22. The zero-order valence-corrected chi connectivity index (χ0v) is 43.9. The number of nitrogens with two attached hydrogens (primary N) is 6. The Bertz CT molecular complexity index is 2250. The molecule has 15 atom stereocenters. The molecular weight excluding hydrogens is 989 g/mol. The quantitative estimate of drug-likeness (QED) is 0.0256. The average Bonchev–Trinajstić information content (AvgIpc) is 3.40. The van der Waals surface area contributed by atoms with Gasteiger partial charge in [-0.2, -0.15) is 0 Å². The molecule has 3 aromatic rings. The molecular formula is C50H81N6O19+3. The van der Waals surface area contributed by atoms with Crippen molar-refractivity contribution in [2.75, 3.05) is 71.4 Å². The fourth-order valence-electron chi connectivity index (χ4n) is 8.64. The molecule has 75 heavy (non-hydrogen) atoms. The summed E-state index contributed by atoms with van der Waals surface area (Å²) in [4.78, 5) is 39.2. The Morgan fingerprint density at radius 1 is 0.453 bits per heavy atom. The first-order valence-electron chi connectivity index (χ1n) is 25.1.